The third kappa shape index (κ3) is 7.54. The Balaban J connectivity index is 1.85. The quantitative estimate of drug-likeness (QED) is 0.134. The zero-order chi connectivity index (χ0) is 26.0. The summed E-state index contributed by atoms with van der Waals surface area (Å²) < 4.78 is 0. The minimum atomic E-state index is 0.0415. The minimum absolute atomic E-state index is 0.0415. The predicted molar refractivity (Wildman–Crippen MR) is 155 cm³/mol. The Hall–Kier alpha value is -2.42. The average molecular weight is 489 g/mol. The van der Waals surface area contributed by atoms with Crippen molar-refractivity contribution in [3.05, 3.63) is 70.3 Å². The fourth-order valence-electron chi connectivity index (χ4n) is 5.93. The molecule has 3 rings (SSSR count). The summed E-state index contributed by atoms with van der Waals surface area (Å²) in [7, 11) is 0. The van der Waals surface area contributed by atoms with E-state index in [-0.39, 0.29) is 5.41 Å². The Morgan fingerprint density at radius 2 is 1.92 bits per heavy atom. The monoisotopic (exact) mass is 488 g/mol. The first-order valence-corrected chi connectivity index (χ1v) is 14.2. The number of oxime groups is 1. The third-order valence-electron chi connectivity index (χ3n) is 8.54. The van der Waals surface area contributed by atoms with Gasteiger partial charge in [-0.1, -0.05) is 94.6 Å². The van der Waals surface area contributed by atoms with Crippen molar-refractivity contribution >= 4 is 12.6 Å². The van der Waals surface area contributed by atoms with Gasteiger partial charge in [0.15, 0.2) is 0 Å². The maximum absolute atomic E-state index is 5.73. The zero-order valence-corrected chi connectivity index (χ0v) is 23.5. The number of aliphatic imine (C=N–C) groups is 1. The molecule has 0 heterocycles. The SMILES string of the molecule is C=NOC(CC1(c2ccccc2)CCCC(C)CC1)=NCc1cc(C)c(CCC(C)CC)c(CC)c1. The molecule has 0 bridgehead atoms. The van der Waals surface area contributed by atoms with Crippen molar-refractivity contribution in [2.75, 3.05) is 0 Å². The standard InChI is InChI=1S/C33H48N2O/c1-7-25(3)16-17-31-27(5)21-28(22-29(31)8-2)24-35-32(36-34-6)23-33(30-14-10-9-11-15-30)19-12-13-26(4)18-20-33/h9-11,14-15,21-22,25-26H,6-8,12-13,16-20,23-24H2,1-5H3. The summed E-state index contributed by atoms with van der Waals surface area (Å²) in [4.78, 5) is 10.7. The van der Waals surface area contributed by atoms with Gasteiger partial charge in [-0.05, 0) is 85.1 Å². The number of hydrogen-bond donors (Lipinski definition) is 0. The number of nitrogens with zero attached hydrogens (tertiary/aromatic N) is 2. The molecule has 196 valence electrons. The van der Waals surface area contributed by atoms with E-state index in [1.807, 2.05) is 0 Å². The van der Waals surface area contributed by atoms with Gasteiger partial charge < -0.3 is 4.84 Å². The highest BCUT2D eigenvalue weighted by Crippen LogP contribution is 2.43. The normalized spacial score (nSPS) is 21.6. The molecule has 3 nitrogen and oxygen atoms in total. The highest BCUT2D eigenvalue weighted by Gasteiger charge is 2.36. The van der Waals surface area contributed by atoms with Crippen molar-refractivity contribution < 1.29 is 4.84 Å². The largest absolute Gasteiger partial charge is 0.342 e. The van der Waals surface area contributed by atoms with E-state index in [9.17, 15) is 0 Å². The molecule has 3 unspecified atom stereocenters. The van der Waals surface area contributed by atoms with Crippen molar-refractivity contribution in [2.24, 2.45) is 22.0 Å². The molecule has 0 saturated heterocycles. The Bertz CT molecular complexity index is 996. The number of hydrogen-bond acceptors (Lipinski definition) is 3. The van der Waals surface area contributed by atoms with E-state index < -0.39 is 0 Å². The van der Waals surface area contributed by atoms with Crippen LogP contribution in [0.25, 0.3) is 0 Å². The van der Waals surface area contributed by atoms with Gasteiger partial charge in [-0.2, -0.15) is 0 Å². The van der Waals surface area contributed by atoms with E-state index in [1.54, 1.807) is 0 Å². The number of benzene rings is 2. The van der Waals surface area contributed by atoms with Crippen LogP contribution in [0.3, 0.4) is 0 Å². The highest BCUT2D eigenvalue weighted by atomic mass is 16.6. The molecular weight excluding hydrogens is 440 g/mol. The summed E-state index contributed by atoms with van der Waals surface area (Å²) in [5.74, 6) is 2.25. The zero-order valence-electron chi connectivity index (χ0n) is 23.5. The van der Waals surface area contributed by atoms with Crippen molar-refractivity contribution in [3.8, 4) is 0 Å². The van der Waals surface area contributed by atoms with Gasteiger partial charge in [0.2, 0.25) is 5.90 Å². The maximum atomic E-state index is 5.73. The lowest BCUT2D eigenvalue weighted by Gasteiger charge is -2.33. The smallest absolute Gasteiger partial charge is 0.221 e. The van der Waals surface area contributed by atoms with E-state index >= 15 is 0 Å². The first kappa shape index (κ1) is 28.2. The fraction of sp³-hybridized carbons (Fsp3) is 0.576. The van der Waals surface area contributed by atoms with Crippen LogP contribution in [0.2, 0.25) is 0 Å². The van der Waals surface area contributed by atoms with E-state index in [1.165, 1.54) is 66.3 Å². The van der Waals surface area contributed by atoms with Crippen LogP contribution in [0.1, 0.15) is 107 Å². The van der Waals surface area contributed by atoms with Crippen LogP contribution in [-0.2, 0) is 29.6 Å². The molecule has 3 heteroatoms. The molecule has 36 heavy (non-hydrogen) atoms. The first-order valence-electron chi connectivity index (χ1n) is 14.2. The van der Waals surface area contributed by atoms with Crippen LogP contribution in [0, 0.1) is 18.8 Å². The van der Waals surface area contributed by atoms with Gasteiger partial charge >= 0.3 is 0 Å². The molecule has 1 aliphatic rings. The predicted octanol–water partition coefficient (Wildman–Crippen LogP) is 9.00. The maximum Gasteiger partial charge on any atom is 0.221 e. The first-order chi connectivity index (χ1) is 17.4. The van der Waals surface area contributed by atoms with Gasteiger partial charge in [-0.25, -0.2) is 4.99 Å². The lowest BCUT2D eigenvalue weighted by Crippen LogP contribution is -2.29. The van der Waals surface area contributed by atoms with Gasteiger partial charge in [0.1, 0.15) is 0 Å². The molecular formula is C33H48N2O. The Morgan fingerprint density at radius 3 is 2.61 bits per heavy atom. The minimum Gasteiger partial charge on any atom is -0.342 e. The second kappa shape index (κ2) is 13.8. The van der Waals surface area contributed by atoms with Crippen LogP contribution < -0.4 is 0 Å². The number of aryl methyl sites for hydroxylation is 2. The van der Waals surface area contributed by atoms with Gasteiger partial charge in [-0.3, -0.25) is 0 Å². The molecule has 0 radical (unpaired) electrons. The summed E-state index contributed by atoms with van der Waals surface area (Å²) in [6.07, 6.45) is 11.6. The molecule has 1 saturated carbocycles. The highest BCUT2D eigenvalue weighted by molar-refractivity contribution is 5.78. The van der Waals surface area contributed by atoms with E-state index in [2.05, 4.69) is 89.0 Å². The van der Waals surface area contributed by atoms with E-state index in [0.29, 0.717) is 12.4 Å². The van der Waals surface area contributed by atoms with Crippen LogP contribution in [-0.4, -0.2) is 12.6 Å². The second-order valence-corrected chi connectivity index (χ2v) is 11.2. The Morgan fingerprint density at radius 1 is 1.14 bits per heavy atom. The number of rotatable bonds is 11. The lowest BCUT2D eigenvalue weighted by atomic mass is 9.71. The molecule has 3 atom stereocenters. The summed E-state index contributed by atoms with van der Waals surface area (Å²) in [5, 5.41) is 3.81. The van der Waals surface area contributed by atoms with Gasteiger partial charge in [-0.15, -0.1) is 0 Å². The van der Waals surface area contributed by atoms with Crippen molar-refractivity contribution in [2.45, 2.75) is 111 Å². The van der Waals surface area contributed by atoms with E-state index in [0.717, 1.165) is 37.5 Å². The molecule has 0 aliphatic heterocycles. The van der Waals surface area contributed by atoms with Gasteiger partial charge in [0.25, 0.3) is 0 Å². The van der Waals surface area contributed by atoms with Crippen LogP contribution in [0.4, 0.5) is 0 Å². The van der Waals surface area contributed by atoms with Crippen LogP contribution in [0.5, 0.6) is 0 Å². The molecule has 0 spiro atoms. The molecule has 1 fully saturated rings. The molecule has 1 aliphatic carbocycles. The molecule has 0 N–H and O–H groups in total. The van der Waals surface area contributed by atoms with Crippen molar-refractivity contribution in [3.63, 3.8) is 0 Å². The van der Waals surface area contributed by atoms with Gasteiger partial charge in [0.05, 0.1) is 6.54 Å². The van der Waals surface area contributed by atoms with Crippen LogP contribution >= 0.6 is 0 Å². The van der Waals surface area contributed by atoms with Crippen molar-refractivity contribution in [1.29, 1.82) is 0 Å². The average Bonchev–Trinajstić information content (AvgIpc) is 3.08. The molecule has 0 aromatic heterocycles. The van der Waals surface area contributed by atoms with Gasteiger partial charge in [0, 0.05) is 18.6 Å². The summed E-state index contributed by atoms with van der Waals surface area (Å²) >= 11 is 0. The summed E-state index contributed by atoms with van der Waals surface area (Å²) in [5.41, 5.74) is 7.08. The van der Waals surface area contributed by atoms with E-state index in [4.69, 9.17) is 9.83 Å². The molecule has 2 aromatic rings. The lowest BCUT2D eigenvalue weighted by molar-refractivity contribution is 0.286. The van der Waals surface area contributed by atoms with Crippen molar-refractivity contribution in [1.82, 2.24) is 0 Å². The Labute approximate surface area is 220 Å². The second-order valence-electron chi connectivity index (χ2n) is 11.2. The molecule has 0 amide bonds. The third-order valence-corrected chi connectivity index (χ3v) is 8.54. The Kier molecular flexibility index (Phi) is 10.8. The topological polar surface area (TPSA) is 34.0 Å². The molecule has 2 aromatic carbocycles. The fourth-order valence-corrected chi connectivity index (χ4v) is 5.93. The van der Waals surface area contributed by atoms with Crippen LogP contribution in [0.15, 0.2) is 52.6 Å². The summed E-state index contributed by atoms with van der Waals surface area (Å²) in [6.45, 7) is 15.8. The summed E-state index contributed by atoms with van der Waals surface area (Å²) in [6, 6.07) is 15.7.